The number of nitrogens with zero attached hydrogens (tertiary/aromatic N) is 2. The highest BCUT2D eigenvalue weighted by molar-refractivity contribution is 5.99. The second-order valence-electron chi connectivity index (χ2n) is 20.0. The molecule has 0 aromatic rings. The molecule has 0 spiro atoms. The minimum absolute atomic E-state index is 0.0793. The molecule has 3 rings (SSSR count). The summed E-state index contributed by atoms with van der Waals surface area (Å²) in [6.45, 7) is 14.4. The fourth-order valence-corrected chi connectivity index (χ4v) is 9.00. The fraction of sp³-hybridized carbons (Fsp3) is 0.771. The molecule has 72 heavy (non-hydrogen) atoms. The van der Waals surface area contributed by atoms with Gasteiger partial charge in [0, 0.05) is 19.5 Å². The number of aliphatic carboxylic acids is 2. The summed E-state index contributed by atoms with van der Waals surface area (Å²) in [6, 6.07) is -10.8. The number of hydrogen-bond donors (Lipinski definition) is 11. The molecule has 0 bridgehead atoms. The van der Waals surface area contributed by atoms with Crippen molar-refractivity contribution in [3.05, 3.63) is 0 Å². The predicted molar refractivity (Wildman–Crippen MR) is 262 cm³/mol. The van der Waals surface area contributed by atoms with Crippen molar-refractivity contribution in [2.45, 2.75) is 193 Å². The fourth-order valence-electron chi connectivity index (χ4n) is 9.00. The number of carbonyl (C=O) groups excluding carboxylic acids is 9. The summed E-state index contributed by atoms with van der Waals surface area (Å²) in [5.41, 5.74) is 5.55. The van der Waals surface area contributed by atoms with Crippen LogP contribution in [0.2, 0.25) is 0 Å². The first-order valence-corrected chi connectivity index (χ1v) is 25.5. The average molecular weight is 1020 g/mol. The number of hydrogen-bond acceptors (Lipinski definition) is 13. The normalized spacial score (nSPS) is 21.0. The molecule has 12 N–H and O–H groups in total. The van der Waals surface area contributed by atoms with Crippen LogP contribution in [0.15, 0.2) is 0 Å². The van der Waals surface area contributed by atoms with Gasteiger partial charge < -0.3 is 68.3 Å². The number of nitrogens with two attached hydrogens (primary N) is 1. The Labute approximate surface area is 421 Å². The van der Waals surface area contributed by atoms with E-state index in [0.29, 0.717) is 51.6 Å². The Kier molecular flexibility index (Phi) is 24.3. The molecule has 3 heterocycles. The lowest BCUT2D eigenvalue weighted by molar-refractivity contribution is -0.145. The first-order chi connectivity index (χ1) is 33.9. The van der Waals surface area contributed by atoms with Gasteiger partial charge in [-0.3, -0.25) is 47.9 Å². The van der Waals surface area contributed by atoms with E-state index in [2.05, 4.69) is 42.5 Å². The van der Waals surface area contributed by atoms with E-state index in [-0.39, 0.29) is 44.7 Å². The quantitative estimate of drug-likeness (QED) is 0.0401. The van der Waals surface area contributed by atoms with Crippen molar-refractivity contribution < 1.29 is 63.0 Å². The summed E-state index contributed by atoms with van der Waals surface area (Å²) in [6.07, 6.45) is 3.43. The van der Waals surface area contributed by atoms with Crippen molar-refractivity contribution in [2.75, 3.05) is 26.2 Å². The number of likely N-dealkylation sites (tertiary alicyclic amines) is 2. The maximum absolute atomic E-state index is 14.4. The molecule has 0 radical (unpaired) electrons. The minimum atomic E-state index is -1.41. The van der Waals surface area contributed by atoms with Crippen LogP contribution < -0.4 is 48.3 Å². The summed E-state index contributed by atoms with van der Waals surface area (Å²) >= 11 is 0. The largest absolute Gasteiger partial charge is 0.481 e. The van der Waals surface area contributed by atoms with Gasteiger partial charge >= 0.3 is 11.9 Å². The summed E-state index contributed by atoms with van der Waals surface area (Å²) in [7, 11) is 0. The number of unbranched alkanes of at least 4 members (excludes halogenated alkanes) is 1. The summed E-state index contributed by atoms with van der Waals surface area (Å²) in [4.78, 5) is 149. The van der Waals surface area contributed by atoms with Crippen LogP contribution in [0.5, 0.6) is 0 Å². The van der Waals surface area contributed by atoms with Gasteiger partial charge in [-0.05, 0) is 109 Å². The van der Waals surface area contributed by atoms with Crippen LogP contribution in [0.4, 0.5) is 0 Å². The van der Waals surface area contributed by atoms with Gasteiger partial charge in [0.25, 0.3) is 0 Å². The molecule has 0 unspecified atom stereocenters. The van der Waals surface area contributed by atoms with Gasteiger partial charge in [-0.2, -0.15) is 0 Å². The lowest BCUT2D eigenvalue weighted by atomic mass is 9.95. The van der Waals surface area contributed by atoms with Crippen LogP contribution in [-0.4, -0.2) is 172 Å². The molecule has 0 aromatic heterocycles. The van der Waals surface area contributed by atoms with E-state index in [1.165, 1.54) is 23.6 Å². The van der Waals surface area contributed by atoms with Gasteiger partial charge in [0.15, 0.2) is 0 Å². The lowest BCUT2D eigenvalue weighted by Crippen LogP contribution is -2.61. The topological polar surface area (TPSA) is 357 Å². The number of rotatable bonds is 28. The Bertz CT molecular complexity index is 1950. The van der Waals surface area contributed by atoms with Crippen molar-refractivity contribution in [1.29, 1.82) is 0 Å². The standard InChI is InChI=1S/C48H81N11O13/c1-9-27(6)38(45(68)55-36(25(2)3)44(67)54-32(48(71)72)15-10-11-21-49)57-43(66)34-18-14-24-59(34)47(70)37(26(4)5)56-42(65)33-17-13-23-58(33)46(69)31(19-20-35(60)61)53-40(63)29(8)51-39(62)28(7)52-41(64)30-16-12-22-50-30/h25-34,36-38,50H,9-24,49H2,1-8H3,(H,51,62)(H,52,64)(H,53,63)(H,54,67)(H,55,68)(H,56,65)(H,57,66)(H,60,61)(H,71,72)/t27-,28-,29-,30-,31-,32-,33-,34-,36-,37-,38-/m0/s1. The van der Waals surface area contributed by atoms with Crippen LogP contribution >= 0.6 is 0 Å². The molecule has 0 saturated carbocycles. The van der Waals surface area contributed by atoms with E-state index in [9.17, 15) is 63.0 Å². The molecule has 406 valence electrons. The van der Waals surface area contributed by atoms with E-state index in [4.69, 9.17) is 5.73 Å². The van der Waals surface area contributed by atoms with Gasteiger partial charge in [-0.15, -0.1) is 0 Å². The molecule has 3 saturated heterocycles. The Balaban J connectivity index is 1.72. The Hall–Kier alpha value is -5.91. The SMILES string of the molecule is CC[C@H](C)[C@H](NC(=O)[C@@H]1CCCN1C(=O)[C@@H](NC(=O)[C@@H]1CCCN1C(=O)[C@H](CCC(=O)O)NC(=O)[C@H](C)NC(=O)[C@H](C)NC(=O)[C@@H]1CCCN1)C(C)C)C(=O)N[C@H](C(=O)N[C@@H](CCCCN)C(=O)O)C(C)C. The van der Waals surface area contributed by atoms with Gasteiger partial charge in [0.05, 0.1) is 6.04 Å². The Morgan fingerprint density at radius 1 is 0.569 bits per heavy atom. The maximum atomic E-state index is 14.4. The summed E-state index contributed by atoms with van der Waals surface area (Å²) in [5.74, 6) is -9.69. The molecule has 11 atom stereocenters. The number of carboxylic acids is 2. The molecular weight excluding hydrogens is 939 g/mol. The van der Waals surface area contributed by atoms with E-state index in [1.807, 2.05) is 6.92 Å². The van der Waals surface area contributed by atoms with Crippen molar-refractivity contribution in [1.82, 2.24) is 52.3 Å². The smallest absolute Gasteiger partial charge is 0.326 e. The van der Waals surface area contributed by atoms with Crippen molar-refractivity contribution in [3.8, 4) is 0 Å². The van der Waals surface area contributed by atoms with E-state index in [1.54, 1.807) is 34.6 Å². The summed E-state index contributed by atoms with van der Waals surface area (Å²) < 4.78 is 0. The number of amides is 9. The Morgan fingerprint density at radius 3 is 1.61 bits per heavy atom. The third-order valence-electron chi connectivity index (χ3n) is 13.7. The molecular formula is C48H81N11O13. The van der Waals surface area contributed by atoms with Gasteiger partial charge in [-0.25, -0.2) is 4.79 Å². The highest BCUT2D eigenvalue weighted by atomic mass is 16.4. The molecule has 24 nitrogen and oxygen atoms in total. The first kappa shape index (κ1) is 60.4. The van der Waals surface area contributed by atoms with Crippen LogP contribution in [-0.2, 0) is 52.7 Å². The van der Waals surface area contributed by atoms with Crippen molar-refractivity contribution in [3.63, 3.8) is 0 Å². The third-order valence-corrected chi connectivity index (χ3v) is 13.7. The zero-order valence-electron chi connectivity index (χ0n) is 43.2. The molecule has 9 amide bonds. The highest BCUT2D eigenvalue weighted by Gasteiger charge is 2.44. The lowest BCUT2D eigenvalue weighted by Gasteiger charge is -2.34. The minimum Gasteiger partial charge on any atom is -0.481 e. The Morgan fingerprint density at radius 2 is 1.10 bits per heavy atom. The summed E-state index contributed by atoms with van der Waals surface area (Å²) in [5, 5.41) is 40.7. The first-order valence-electron chi connectivity index (χ1n) is 25.5. The van der Waals surface area contributed by atoms with Gasteiger partial charge in [0.2, 0.25) is 53.2 Å². The highest BCUT2D eigenvalue weighted by Crippen LogP contribution is 2.24. The monoisotopic (exact) mass is 1020 g/mol. The van der Waals surface area contributed by atoms with E-state index in [0.717, 1.165) is 6.42 Å². The van der Waals surface area contributed by atoms with Crippen LogP contribution in [0.1, 0.15) is 132 Å². The van der Waals surface area contributed by atoms with Crippen molar-refractivity contribution in [2.24, 2.45) is 23.5 Å². The second kappa shape index (κ2) is 29.0. The second-order valence-corrected chi connectivity index (χ2v) is 20.0. The molecule has 0 aromatic carbocycles. The molecule has 3 fully saturated rings. The van der Waals surface area contributed by atoms with Crippen LogP contribution in [0, 0.1) is 17.8 Å². The molecule has 0 aliphatic carbocycles. The number of nitrogens with one attached hydrogen (secondary N) is 8. The molecule has 3 aliphatic heterocycles. The van der Waals surface area contributed by atoms with E-state index >= 15 is 0 Å². The average Bonchev–Trinajstić information content (AvgIpc) is 4.15. The van der Waals surface area contributed by atoms with Gasteiger partial charge in [-0.1, -0.05) is 48.0 Å². The van der Waals surface area contributed by atoms with Crippen LogP contribution in [0.3, 0.4) is 0 Å². The zero-order chi connectivity index (χ0) is 54.0. The number of carboxylic acid groups (broad SMARTS) is 2. The van der Waals surface area contributed by atoms with Gasteiger partial charge in [0.1, 0.15) is 54.4 Å². The van der Waals surface area contributed by atoms with E-state index < -0.39 is 144 Å². The predicted octanol–water partition coefficient (Wildman–Crippen LogP) is -1.41. The zero-order valence-corrected chi connectivity index (χ0v) is 43.2. The van der Waals surface area contributed by atoms with Crippen LogP contribution in [0.25, 0.3) is 0 Å². The maximum Gasteiger partial charge on any atom is 0.326 e. The number of carbonyl (C=O) groups is 11. The molecule has 24 heteroatoms. The molecule has 3 aliphatic rings. The third kappa shape index (κ3) is 17.4. The van der Waals surface area contributed by atoms with Crippen molar-refractivity contribution >= 4 is 65.1 Å².